The number of aromatic amines is 1. The number of amides is 1. The zero-order valence-corrected chi connectivity index (χ0v) is 12.8. The second kappa shape index (κ2) is 5.32. The summed E-state index contributed by atoms with van der Waals surface area (Å²) < 4.78 is 13.7. The van der Waals surface area contributed by atoms with Gasteiger partial charge in [0.2, 0.25) is 0 Å². The second-order valence-electron chi connectivity index (χ2n) is 4.46. The number of hydrogen-bond donors (Lipinski definition) is 3. The monoisotopic (exact) mass is 396 g/mol. The number of benzene rings is 2. The van der Waals surface area contributed by atoms with Crippen LogP contribution in [0.15, 0.2) is 36.4 Å². The smallest absolute Gasteiger partial charge is 0.276 e. The van der Waals surface area contributed by atoms with Gasteiger partial charge in [0, 0.05) is 14.6 Å². The molecular formula is C14H10FIN4O. The molecule has 0 atom stereocenters. The first kappa shape index (κ1) is 13.8. The van der Waals surface area contributed by atoms with Crippen molar-refractivity contribution in [3.63, 3.8) is 0 Å². The summed E-state index contributed by atoms with van der Waals surface area (Å²) in [6, 6.07) is 9.32. The van der Waals surface area contributed by atoms with E-state index in [9.17, 15) is 9.18 Å². The fourth-order valence-electron chi connectivity index (χ4n) is 1.98. The van der Waals surface area contributed by atoms with Crippen LogP contribution in [0.1, 0.15) is 10.5 Å². The number of H-pyrrole nitrogens is 1. The van der Waals surface area contributed by atoms with E-state index in [1.54, 1.807) is 18.2 Å². The van der Waals surface area contributed by atoms with Crippen LogP contribution in [0.25, 0.3) is 10.9 Å². The number of halogens is 2. The fraction of sp³-hybridized carbons (Fsp3) is 0. The zero-order chi connectivity index (χ0) is 15.0. The van der Waals surface area contributed by atoms with Crippen LogP contribution in [0.5, 0.6) is 0 Å². The fourth-order valence-corrected chi connectivity index (χ4v) is 2.59. The van der Waals surface area contributed by atoms with Gasteiger partial charge >= 0.3 is 0 Å². The Morgan fingerprint density at radius 1 is 1.29 bits per heavy atom. The molecule has 3 aromatic rings. The van der Waals surface area contributed by atoms with E-state index < -0.39 is 0 Å². The Balaban J connectivity index is 1.95. The largest absolute Gasteiger partial charge is 0.399 e. The summed E-state index contributed by atoms with van der Waals surface area (Å²) in [6.45, 7) is 0. The van der Waals surface area contributed by atoms with Crippen molar-refractivity contribution in [2.24, 2.45) is 0 Å². The topological polar surface area (TPSA) is 83.8 Å². The maximum Gasteiger partial charge on any atom is 0.276 e. The minimum absolute atomic E-state index is 0.248. The van der Waals surface area contributed by atoms with Crippen LogP contribution in [0.3, 0.4) is 0 Å². The van der Waals surface area contributed by atoms with Crippen LogP contribution in [0.4, 0.5) is 15.8 Å². The van der Waals surface area contributed by atoms with Gasteiger partial charge in [0.25, 0.3) is 5.91 Å². The molecule has 1 aromatic heterocycles. The van der Waals surface area contributed by atoms with Crippen molar-refractivity contribution in [2.45, 2.75) is 0 Å². The molecule has 0 aliphatic carbocycles. The first-order chi connectivity index (χ1) is 10.0. The van der Waals surface area contributed by atoms with Crippen LogP contribution in [-0.4, -0.2) is 16.1 Å². The Bertz CT molecular complexity index is 846. The molecule has 0 bridgehead atoms. The number of nitrogens with two attached hydrogens (primary N) is 1. The summed E-state index contributed by atoms with van der Waals surface area (Å²) in [5, 5.41) is 10.1. The highest BCUT2D eigenvalue weighted by Gasteiger charge is 2.15. The summed E-state index contributed by atoms with van der Waals surface area (Å²) in [4.78, 5) is 12.3. The molecule has 0 fully saturated rings. The van der Waals surface area contributed by atoms with Crippen molar-refractivity contribution < 1.29 is 9.18 Å². The van der Waals surface area contributed by atoms with Crippen molar-refractivity contribution >= 4 is 50.8 Å². The third kappa shape index (κ3) is 2.68. The Hall–Kier alpha value is -2.16. The van der Waals surface area contributed by atoms with Gasteiger partial charge in [0.15, 0.2) is 5.69 Å². The van der Waals surface area contributed by atoms with Crippen molar-refractivity contribution in [3.8, 4) is 0 Å². The SMILES string of the molecule is Nc1ccc2[nH]nc(C(=O)Nc3ccc(F)cc3I)c2c1. The summed E-state index contributed by atoms with van der Waals surface area (Å²) in [5.41, 5.74) is 7.78. The van der Waals surface area contributed by atoms with E-state index in [1.165, 1.54) is 18.2 Å². The lowest BCUT2D eigenvalue weighted by Gasteiger charge is -2.06. The Kier molecular flexibility index (Phi) is 3.50. The molecule has 106 valence electrons. The van der Waals surface area contributed by atoms with Gasteiger partial charge in [-0.25, -0.2) is 4.39 Å². The first-order valence-corrected chi connectivity index (χ1v) is 7.12. The van der Waals surface area contributed by atoms with E-state index >= 15 is 0 Å². The molecule has 3 rings (SSSR count). The average molecular weight is 396 g/mol. The summed E-state index contributed by atoms with van der Waals surface area (Å²) in [6.07, 6.45) is 0. The highest BCUT2D eigenvalue weighted by molar-refractivity contribution is 14.1. The van der Waals surface area contributed by atoms with E-state index in [2.05, 4.69) is 15.5 Å². The zero-order valence-electron chi connectivity index (χ0n) is 10.7. The first-order valence-electron chi connectivity index (χ1n) is 6.04. The molecule has 0 aliphatic heterocycles. The summed E-state index contributed by atoms with van der Waals surface area (Å²) >= 11 is 1.96. The third-order valence-corrected chi connectivity index (χ3v) is 3.87. The maximum atomic E-state index is 13.1. The lowest BCUT2D eigenvalue weighted by molar-refractivity contribution is 0.102. The highest BCUT2D eigenvalue weighted by atomic mass is 127. The van der Waals surface area contributed by atoms with Gasteiger partial charge in [-0.05, 0) is 59.0 Å². The van der Waals surface area contributed by atoms with Gasteiger partial charge in [0.05, 0.1) is 11.2 Å². The standard InChI is InChI=1S/C14H10FIN4O/c15-7-1-3-12(10(16)5-7)18-14(21)13-9-6-8(17)2-4-11(9)19-20-13/h1-6H,17H2,(H,18,21)(H,19,20). The van der Waals surface area contributed by atoms with Gasteiger partial charge in [0.1, 0.15) is 5.82 Å². The molecule has 0 radical (unpaired) electrons. The second-order valence-corrected chi connectivity index (χ2v) is 5.62. The predicted molar refractivity (Wildman–Crippen MR) is 87.6 cm³/mol. The molecule has 0 saturated carbocycles. The summed E-state index contributed by atoms with van der Waals surface area (Å²) in [5.74, 6) is -0.730. The molecular weight excluding hydrogens is 386 g/mol. The predicted octanol–water partition coefficient (Wildman–Crippen LogP) is 3.14. The number of nitrogens with one attached hydrogen (secondary N) is 2. The minimum Gasteiger partial charge on any atom is -0.399 e. The van der Waals surface area contributed by atoms with Crippen molar-refractivity contribution in [1.82, 2.24) is 10.2 Å². The Labute approximate surface area is 132 Å². The van der Waals surface area contributed by atoms with Crippen LogP contribution in [-0.2, 0) is 0 Å². The van der Waals surface area contributed by atoms with Gasteiger partial charge in [-0.1, -0.05) is 0 Å². The molecule has 21 heavy (non-hydrogen) atoms. The number of fused-ring (bicyclic) bond motifs is 1. The van der Waals surface area contributed by atoms with Gasteiger partial charge in [-0.15, -0.1) is 0 Å². The number of hydrogen-bond acceptors (Lipinski definition) is 3. The molecule has 0 saturated heterocycles. The van der Waals surface area contributed by atoms with E-state index in [1.807, 2.05) is 22.6 Å². The number of nitrogens with zero attached hydrogens (tertiary/aromatic N) is 1. The Morgan fingerprint density at radius 3 is 2.86 bits per heavy atom. The van der Waals surface area contributed by atoms with Crippen molar-refractivity contribution in [1.29, 1.82) is 0 Å². The maximum absolute atomic E-state index is 13.1. The van der Waals surface area contributed by atoms with Gasteiger partial charge in [-0.3, -0.25) is 9.89 Å². The average Bonchev–Trinajstić information content (AvgIpc) is 2.85. The minimum atomic E-state index is -0.378. The van der Waals surface area contributed by atoms with Crippen LogP contribution in [0.2, 0.25) is 0 Å². The molecule has 0 spiro atoms. The van der Waals surface area contributed by atoms with Crippen molar-refractivity contribution in [3.05, 3.63) is 51.5 Å². The van der Waals surface area contributed by atoms with E-state index in [4.69, 9.17) is 5.73 Å². The number of rotatable bonds is 2. The van der Waals surface area contributed by atoms with Crippen molar-refractivity contribution in [2.75, 3.05) is 11.1 Å². The molecule has 0 unspecified atom stereocenters. The van der Waals surface area contributed by atoms with E-state index in [0.717, 1.165) is 5.52 Å². The molecule has 1 amide bonds. The van der Waals surface area contributed by atoms with Gasteiger partial charge < -0.3 is 11.1 Å². The molecule has 7 heteroatoms. The van der Waals surface area contributed by atoms with Crippen LogP contribution < -0.4 is 11.1 Å². The van der Waals surface area contributed by atoms with Crippen LogP contribution >= 0.6 is 22.6 Å². The lowest BCUT2D eigenvalue weighted by atomic mass is 10.2. The van der Waals surface area contributed by atoms with E-state index in [0.29, 0.717) is 20.3 Å². The van der Waals surface area contributed by atoms with Crippen LogP contribution in [0, 0.1) is 9.39 Å². The van der Waals surface area contributed by atoms with E-state index in [-0.39, 0.29) is 17.4 Å². The molecule has 0 aliphatic rings. The van der Waals surface area contributed by atoms with Gasteiger partial charge in [-0.2, -0.15) is 5.10 Å². The number of carbonyl (C=O) groups excluding carboxylic acids is 1. The number of carbonyl (C=O) groups is 1. The third-order valence-electron chi connectivity index (χ3n) is 2.98. The summed E-state index contributed by atoms with van der Waals surface area (Å²) in [7, 11) is 0. The molecule has 5 nitrogen and oxygen atoms in total. The number of anilines is 2. The molecule has 2 aromatic carbocycles. The molecule has 4 N–H and O–H groups in total. The molecule has 1 heterocycles. The normalized spacial score (nSPS) is 10.8. The number of nitrogen functional groups attached to an aromatic ring is 1. The quantitative estimate of drug-likeness (QED) is 0.460. The Morgan fingerprint density at radius 2 is 2.10 bits per heavy atom. The highest BCUT2D eigenvalue weighted by Crippen LogP contribution is 2.22. The number of aromatic nitrogens is 2. The lowest BCUT2D eigenvalue weighted by Crippen LogP contribution is -2.13.